The second-order valence-electron chi connectivity index (χ2n) is 5.20. The molecule has 0 amide bonds. The van der Waals surface area contributed by atoms with Gasteiger partial charge in [-0.05, 0) is 49.5 Å². The summed E-state index contributed by atoms with van der Waals surface area (Å²) in [7, 11) is 0. The SMILES string of the molecule is Cc1cccc(C2C[C@@H]3CC[C@H]2C3)c1. The van der Waals surface area contributed by atoms with Gasteiger partial charge in [-0.3, -0.25) is 0 Å². The minimum atomic E-state index is 0.897. The van der Waals surface area contributed by atoms with Crippen LogP contribution < -0.4 is 0 Å². The lowest BCUT2D eigenvalue weighted by Crippen LogP contribution is -2.08. The van der Waals surface area contributed by atoms with Crippen molar-refractivity contribution in [3.05, 3.63) is 35.4 Å². The van der Waals surface area contributed by atoms with Crippen molar-refractivity contribution >= 4 is 0 Å². The van der Waals surface area contributed by atoms with Gasteiger partial charge in [-0.1, -0.05) is 36.2 Å². The first-order valence-electron chi connectivity index (χ1n) is 5.89. The van der Waals surface area contributed by atoms with E-state index >= 15 is 0 Å². The zero-order valence-electron chi connectivity index (χ0n) is 8.87. The van der Waals surface area contributed by atoms with Crippen molar-refractivity contribution < 1.29 is 0 Å². The lowest BCUT2D eigenvalue weighted by molar-refractivity contribution is 0.420. The Hall–Kier alpha value is -0.780. The molecule has 1 aromatic carbocycles. The van der Waals surface area contributed by atoms with Crippen LogP contribution in [0, 0.1) is 18.8 Å². The Morgan fingerprint density at radius 3 is 2.71 bits per heavy atom. The van der Waals surface area contributed by atoms with Crippen LogP contribution in [-0.4, -0.2) is 0 Å². The first-order chi connectivity index (χ1) is 6.83. The Balaban J connectivity index is 1.89. The lowest BCUT2D eigenvalue weighted by Gasteiger charge is -2.22. The van der Waals surface area contributed by atoms with Gasteiger partial charge in [0, 0.05) is 0 Å². The van der Waals surface area contributed by atoms with Crippen LogP contribution in [0.1, 0.15) is 42.7 Å². The summed E-state index contributed by atoms with van der Waals surface area (Å²) < 4.78 is 0. The van der Waals surface area contributed by atoms with Crippen molar-refractivity contribution in [3.63, 3.8) is 0 Å². The highest BCUT2D eigenvalue weighted by Gasteiger charge is 2.39. The summed E-state index contributed by atoms with van der Waals surface area (Å²) in [5.41, 5.74) is 3.03. The maximum Gasteiger partial charge on any atom is -0.0131 e. The molecule has 0 radical (unpaired) electrons. The highest BCUT2D eigenvalue weighted by Crippen LogP contribution is 2.52. The summed E-state index contributed by atoms with van der Waals surface area (Å²) >= 11 is 0. The second-order valence-corrected chi connectivity index (χ2v) is 5.20. The number of fused-ring (bicyclic) bond motifs is 2. The molecule has 0 heteroatoms. The largest absolute Gasteiger partial charge is 0.0617 e. The molecule has 2 fully saturated rings. The number of rotatable bonds is 1. The molecule has 0 N–H and O–H groups in total. The van der Waals surface area contributed by atoms with Gasteiger partial charge in [0.05, 0.1) is 0 Å². The van der Waals surface area contributed by atoms with Crippen LogP contribution in [0.15, 0.2) is 24.3 Å². The summed E-state index contributed by atoms with van der Waals surface area (Å²) in [6, 6.07) is 9.15. The van der Waals surface area contributed by atoms with E-state index in [4.69, 9.17) is 0 Å². The quantitative estimate of drug-likeness (QED) is 0.624. The molecule has 0 aromatic heterocycles. The molecule has 2 aliphatic rings. The number of hydrogen-bond acceptors (Lipinski definition) is 0. The molecule has 1 aromatic rings. The normalized spacial score (nSPS) is 35.1. The maximum absolute atomic E-state index is 2.39. The molecule has 3 atom stereocenters. The van der Waals surface area contributed by atoms with Crippen LogP contribution in [0.4, 0.5) is 0 Å². The predicted molar refractivity (Wildman–Crippen MR) is 59.4 cm³/mol. The van der Waals surface area contributed by atoms with Crippen molar-refractivity contribution in [1.82, 2.24) is 0 Å². The van der Waals surface area contributed by atoms with Crippen molar-refractivity contribution in [2.75, 3.05) is 0 Å². The Kier molecular flexibility index (Phi) is 1.90. The minimum absolute atomic E-state index is 0.897. The topological polar surface area (TPSA) is 0 Å². The first-order valence-corrected chi connectivity index (χ1v) is 5.89. The van der Waals surface area contributed by atoms with Crippen LogP contribution >= 0.6 is 0 Å². The lowest BCUT2D eigenvalue weighted by atomic mass is 9.83. The van der Waals surface area contributed by atoms with E-state index in [1.165, 1.54) is 31.2 Å². The third kappa shape index (κ3) is 1.28. The highest BCUT2D eigenvalue weighted by atomic mass is 14.4. The van der Waals surface area contributed by atoms with Gasteiger partial charge in [0.2, 0.25) is 0 Å². The van der Waals surface area contributed by atoms with E-state index in [0.29, 0.717) is 0 Å². The standard InChI is InChI=1S/C14H18/c1-10-3-2-4-12(7-10)14-9-11-5-6-13(14)8-11/h2-4,7,11,13-14H,5-6,8-9H2,1H3/t11-,13+,14?/m1/s1. The van der Waals surface area contributed by atoms with Gasteiger partial charge in [0.15, 0.2) is 0 Å². The van der Waals surface area contributed by atoms with Crippen LogP contribution in [-0.2, 0) is 0 Å². The summed E-state index contributed by atoms with van der Waals surface area (Å²) in [6.45, 7) is 2.21. The molecule has 0 nitrogen and oxygen atoms in total. The van der Waals surface area contributed by atoms with Crippen molar-refractivity contribution in [2.24, 2.45) is 11.8 Å². The van der Waals surface area contributed by atoms with Gasteiger partial charge in [-0.25, -0.2) is 0 Å². The molecule has 2 bridgehead atoms. The van der Waals surface area contributed by atoms with E-state index < -0.39 is 0 Å². The van der Waals surface area contributed by atoms with E-state index in [1.807, 2.05) is 0 Å². The Bertz CT molecular complexity index is 340. The molecule has 14 heavy (non-hydrogen) atoms. The van der Waals surface area contributed by atoms with E-state index in [-0.39, 0.29) is 0 Å². The number of hydrogen-bond donors (Lipinski definition) is 0. The van der Waals surface area contributed by atoms with E-state index in [0.717, 1.165) is 17.8 Å². The van der Waals surface area contributed by atoms with Gasteiger partial charge in [-0.2, -0.15) is 0 Å². The van der Waals surface area contributed by atoms with Gasteiger partial charge in [0.1, 0.15) is 0 Å². The first kappa shape index (κ1) is 8.52. The fourth-order valence-electron chi connectivity index (χ4n) is 3.55. The maximum atomic E-state index is 2.39. The summed E-state index contributed by atoms with van der Waals surface area (Å²) in [5, 5.41) is 0. The summed E-state index contributed by atoms with van der Waals surface area (Å²) in [6.07, 6.45) is 5.98. The average molecular weight is 186 g/mol. The fourth-order valence-corrected chi connectivity index (χ4v) is 3.55. The van der Waals surface area contributed by atoms with Crippen molar-refractivity contribution in [1.29, 1.82) is 0 Å². The average Bonchev–Trinajstić information content (AvgIpc) is 2.78. The smallest absolute Gasteiger partial charge is 0.0131 e. The summed E-state index contributed by atoms with van der Waals surface area (Å²) in [4.78, 5) is 0. The minimum Gasteiger partial charge on any atom is -0.0617 e. The number of benzene rings is 1. The zero-order chi connectivity index (χ0) is 9.54. The third-order valence-electron chi connectivity index (χ3n) is 4.21. The fraction of sp³-hybridized carbons (Fsp3) is 0.571. The second kappa shape index (κ2) is 3.12. The third-order valence-corrected chi connectivity index (χ3v) is 4.21. The molecule has 3 rings (SSSR count). The van der Waals surface area contributed by atoms with Gasteiger partial charge in [0.25, 0.3) is 0 Å². The molecule has 0 heterocycles. The molecule has 0 aliphatic heterocycles. The van der Waals surface area contributed by atoms with Crippen molar-refractivity contribution in [2.45, 2.75) is 38.5 Å². The molecular weight excluding hydrogens is 168 g/mol. The molecule has 74 valence electrons. The molecular formula is C14H18. The molecule has 2 saturated carbocycles. The van der Waals surface area contributed by atoms with Crippen LogP contribution in [0.25, 0.3) is 0 Å². The zero-order valence-corrected chi connectivity index (χ0v) is 8.87. The monoisotopic (exact) mass is 186 g/mol. The predicted octanol–water partition coefficient (Wildman–Crippen LogP) is 3.90. The van der Waals surface area contributed by atoms with Gasteiger partial charge >= 0.3 is 0 Å². The van der Waals surface area contributed by atoms with Crippen molar-refractivity contribution in [3.8, 4) is 0 Å². The van der Waals surface area contributed by atoms with E-state index in [1.54, 1.807) is 5.56 Å². The highest BCUT2D eigenvalue weighted by molar-refractivity contribution is 5.27. The Labute approximate surface area is 86.3 Å². The van der Waals surface area contributed by atoms with Crippen LogP contribution in [0.3, 0.4) is 0 Å². The Morgan fingerprint density at radius 1 is 1.14 bits per heavy atom. The molecule has 0 saturated heterocycles. The molecule has 0 spiro atoms. The summed E-state index contributed by atoms with van der Waals surface area (Å²) in [5.74, 6) is 2.97. The number of aryl methyl sites for hydroxylation is 1. The molecule has 1 unspecified atom stereocenters. The molecule has 2 aliphatic carbocycles. The van der Waals surface area contributed by atoms with Crippen LogP contribution in [0.5, 0.6) is 0 Å². The van der Waals surface area contributed by atoms with E-state index in [2.05, 4.69) is 31.2 Å². The van der Waals surface area contributed by atoms with Gasteiger partial charge in [-0.15, -0.1) is 0 Å². The Morgan fingerprint density at radius 2 is 2.07 bits per heavy atom. The van der Waals surface area contributed by atoms with Crippen LogP contribution in [0.2, 0.25) is 0 Å². The van der Waals surface area contributed by atoms with Gasteiger partial charge < -0.3 is 0 Å². The van der Waals surface area contributed by atoms with E-state index in [9.17, 15) is 0 Å².